The predicted octanol–water partition coefficient (Wildman–Crippen LogP) is 3.99. The number of anilines is 1. The van der Waals surface area contributed by atoms with E-state index in [4.69, 9.17) is 21.7 Å². The quantitative estimate of drug-likeness (QED) is 0.565. The van der Waals surface area contributed by atoms with Gasteiger partial charge in [-0.25, -0.2) is 0 Å². The third-order valence-electron chi connectivity index (χ3n) is 3.19. The van der Waals surface area contributed by atoms with E-state index >= 15 is 0 Å². The number of hydrogen-bond donors (Lipinski definition) is 2. The van der Waals surface area contributed by atoms with Crippen molar-refractivity contribution in [2.24, 2.45) is 0 Å². The van der Waals surface area contributed by atoms with Gasteiger partial charge in [0.05, 0.1) is 19.9 Å². The van der Waals surface area contributed by atoms with Crippen molar-refractivity contribution in [1.29, 1.82) is 0 Å². The molecule has 2 rings (SSSR count). The summed E-state index contributed by atoms with van der Waals surface area (Å²) in [5.41, 5.74) is 1.58. The molecule has 0 atom stereocenters. The number of carbonyl (C=O) groups is 1. The molecule has 0 aromatic heterocycles. The van der Waals surface area contributed by atoms with Crippen molar-refractivity contribution in [2.75, 3.05) is 19.5 Å². The molecular formula is C18H17BrN2O3S. The summed E-state index contributed by atoms with van der Waals surface area (Å²) in [5, 5.41) is 5.77. The van der Waals surface area contributed by atoms with Crippen molar-refractivity contribution >= 4 is 50.9 Å². The zero-order valence-corrected chi connectivity index (χ0v) is 16.1. The first-order chi connectivity index (χ1) is 12.0. The Balaban J connectivity index is 1.96. The minimum absolute atomic E-state index is 0.217. The topological polar surface area (TPSA) is 59.6 Å². The van der Waals surface area contributed by atoms with Crippen LogP contribution >= 0.6 is 28.1 Å². The van der Waals surface area contributed by atoms with Crippen LogP contribution in [-0.2, 0) is 4.79 Å². The fourth-order valence-electron chi connectivity index (χ4n) is 2.00. The second-order valence-electron chi connectivity index (χ2n) is 4.87. The smallest absolute Gasteiger partial charge is 0.250 e. The second kappa shape index (κ2) is 9.19. The third kappa shape index (κ3) is 5.58. The highest BCUT2D eigenvalue weighted by molar-refractivity contribution is 9.10. The lowest BCUT2D eigenvalue weighted by Crippen LogP contribution is -2.32. The number of benzene rings is 2. The van der Waals surface area contributed by atoms with Crippen LogP contribution < -0.4 is 20.1 Å². The van der Waals surface area contributed by atoms with Crippen LogP contribution in [0.3, 0.4) is 0 Å². The standard InChI is InChI=1S/C18H17BrN2O3S/c1-23-15-9-7-12(11-16(15)24-2)8-10-17(22)21-18(25)20-14-6-4-3-5-13(14)19/h3-11H,1-2H3,(H2,20,21,22,25). The van der Waals surface area contributed by atoms with Crippen molar-refractivity contribution in [3.8, 4) is 11.5 Å². The van der Waals surface area contributed by atoms with Crippen molar-refractivity contribution < 1.29 is 14.3 Å². The Labute approximate surface area is 160 Å². The highest BCUT2D eigenvalue weighted by Gasteiger charge is 2.05. The van der Waals surface area contributed by atoms with Crippen LogP contribution in [0.1, 0.15) is 5.56 Å². The van der Waals surface area contributed by atoms with Gasteiger partial charge in [0.15, 0.2) is 16.6 Å². The third-order valence-corrected chi connectivity index (χ3v) is 4.09. The lowest BCUT2D eigenvalue weighted by atomic mass is 10.2. The molecule has 0 heterocycles. The Kier molecular flexibility index (Phi) is 6.97. The van der Waals surface area contributed by atoms with Gasteiger partial charge in [-0.05, 0) is 64.1 Å². The van der Waals surface area contributed by atoms with Crippen LogP contribution in [0.15, 0.2) is 53.0 Å². The van der Waals surface area contributed by atoms with Crippen LogP contribution in [0.5, 0.6) is 11.5 Å². The average Bonchev–Trinajstić information content (AvgIpc) is 2.61. The Morgan fingerprint density at radius 3 is 2.52 bits per heavy atom. The van der Waals surface area contributed by atoms with Gasteiger partial charge in [0, 0.05) is 10.5 Å². The van der Waals surface area contributed by atoms with Gasteiger partial charge >= 0.3 is 0 Å². The van der Waals surface area contributed by atoms with Crippen LogP contribution in [0.2, 0.25) is 0 Å². The molecular weight excluding hydrogens is 404 g/mol. The first kappa shape index (κ1) is 19.0. The van der Waals surface area contributed by atoms with E-state index < -0.39 is 0 Å². The highest BCUT2D eigenvalue weighted by Crippen LogP contribution is 2.27. The summed E-state index contributed by atoms with van der Waals surface area (Å²) in [6.45, 7) is 0. The summed E-state index contributed by atoms with van der Waals surface area (Å²) < 4.78 is 11.3. The van der Waals surface area contributed by atoms with E-state index in [-0.39, 0.29) is 11.0 Å². The zero-order chi connectivity index (χ0) is 18.2. The number of amides is 1. The summed E-state index contributed by atoms with van der Waals surface area (Å²) in [4.78, 5) is 12.0. The van der Waals surface area contributed by atoms with Gasteiger partial charge in [-0.3, -0.25) is 10.1 Å². The summed E-state index contributed by atoms with van der Waals surface area (Å²) >= 11 is 8.55. The van der Waals surface area contributed by atoms with E-state index in [1.165, 1.54) is 6.08 Å². The molecule has 25 heavy (non-hydrogen) atoms. The first-order valence-corrected chi connectivity index (χ1v) is 8.50. The van der Waals surface area contributed by atoms with E-state index in [1.54, 1.807) is 32.4 Å². The zero-order valence-electron chi connectivity index (χ0n) is 13.7. The van der Waals surface area contributed by atoms with Crippen LogP contribution in [0.4, 0.5) is 5.69 Å². The van der Waals surface area contributed by atoms with Gasteiger partial charge in [0.25, 0.3) is 0 Å². The largest absolute Gasteiger partial charge is 0.493 e. The molecule has 0 radical (unpaired) electrons. The Morgan fingerprint density at radius 1 is 1.12 bits per heavy atom. The molecule has 2 aromatic carbocycles. The maximum absolute atomic E-state index is 12.0. The number of para-hydroxylation sites is 1. The van der Waals surface area contributed by atoms with Gasteiger partial charge in [-0.15, -0.1) is 0 Å². The normalized spacial score (nSPS) is 10.4. The summed E-state index contributed by atoms with van der Waals surface area (Å²) in [5.74, 6) is 0.887. The summed E-state index contributed by atoms with van der Waals surface area (Å²) in [6.07, 6.45) is 3.06. The van der Waals surface area contributed by atoms with Crippen LogP contribution in [0, 0.1) is 0 Å². The van der Waals surface area contributed by atoms with E-state index in [1.807, 2.05) is 30.3 Å². The molecule has 0 aliphatic carbocycles. The molecule has 5 nitrogen and oxygen atoms in total. The summed E-state index contributed by atoms with van der Waals surface area (Å²) in [6, 6.07) is 12.9. The minimum atomic E-state index is -0.334. The molecule has 0 aliphatic rings. The number of nitrogens with one attached hydrogen (secondary N) is 2. The molecule has 0 bridgehead atoms. The molecule has 0 fully saturated rings. The van der Waals surface area contributed by atoms with E-state index in [0.29, 0.717) is 11.5 Å². The highest BCUT2D eigenvalue weighted by atomic mass is 79.9. The molecule has 2 aromatic rings. The van der Waals surface area contributed by atoms with Gasteiger partial charge in [0.2, 0.25) is 5.91 Å². The van der Waals surface area contributed by atoms with Gasteiger partial charge < -0.3 is 14.8 Å². The molecule has 0 spiro atoms. The number of carbonyl (C=O) groups excluding carboxylic acids is 1. The molecule has 2 N–H and O–H groups in total. The van der Waals surface area contributed by atoms with Crippen molar-refractivity contribution in [3.05, 3.63) is 58.6 Å². The van der Waals surface area contributed by atoms with E-state index in [9.17, 15) is 4.79 Å². The van der Waals surface area contributed by atoms with Crippen molar-refractivity contribution in [2.45, 2.75) is 0 Å². The van der Waals surface area contributed by atoms with Crippen molar-refractivity contribution in [1.82, 2.24) is 5.32 Å². The van der Waals surface area contributed by atoms with Gasteiger partial charge in [-0.1, -0.05) is 18.2 Å². The number of rotatable bonds is 5. The van der Waals surface area contributed by atoms with E-state index in [0.717, 1.165) is 15.7 Å². The van der Waals surface area contributed by atoms with Gasteiger partial charge in [-0.2, -0.15) is 0 Å². The van der Waals surface area contributed by atoms with Crippen LogP contribution in [-0.4, -0.2) is 25.2 Å². The maximum Gasteiger partial charge on any atom is 0.250 e. The SMILES string of the molecule is COc1ccc(C=CC(=O)NC(=S)Nc2ccccc2Br)cc1OC. The Hall–Kier alpha value is -2.38. The lowest BCUT2D eigenvalue weighted by molar-refractivity contribution is -0.115. The molecule has 0 unspecified atom stereocenters. The second-order valence-corrected chi connectivity index (χ2v) is 6.13. The monoisotopic (exact) mass is 420 g/mol. The Morgan fingerprint density at radius 2 is 1.84 bits per heavy atom. The number of ether oxygens (including phenoxy) is 2. The number of hydrogen-bond acceptors (Lipinski definition) is 4. The van der Waals surface area contributed by atoms with E-state index in [2.05, 4.69) is 26.6 Å². The molecule has 0 aliphatic heterocycles. The summed E-state index contributed by atoms with van der Waals surface area (Å²) in [7, 11) is 3.13. The number of thiocarbonyl (C=S) groups is 1. The average molecular weight is 421 g/mol. The molecule has 7 heteroatoms. The first-order valence-electron chi connectivity index (χ1n) is 7.30. The van der Waals surface area contributed by atoms with Gasteiger partial charge in [0.1, 0.15) is 0 Å². The molecule has 0 saturated heterocycles. The Bertz CT molecular complexity index is 809. The fraction of sp³-hybridized carbons (Fsp3) is 0.111. The van der Waals surface area contributed by atoms with Crippen molar-refractivity contribution in [3.63, 3.8) is 0 Å². The molecule has 0 saturated carbocycles. The maximum atomic E-state index is 12.0. The fourth-order valence-corrected chi connectivity index (χ4v) is 2.59. The minimum Gasteiger partial charge on any atom is -0.493 e. The lowest BCUT2D eigenvalue weighted by Gasteiger charge is -2.09. The number of methoxy groups -OCH3 is 2. The predicted molar refractivity (Wildman–Crippen MR) is 107 cm³/mol. The number of halogens is 1. The van der Waals surface area contributed by atoms with Crippen LogP contribution in [0.25, 0.3) is 6.08 Å². The molecule has 1 amide bonds. The molecule has 130 valence electrons.